The van der Waals surface area contributed by atoms with Gasteiger partial charge in [0.2, 0.25) is 0 Å². The highest BCUT2D eigenvalue weighted by Gasteiger charge is 2.19. The van der Waals surface area contributed by atoms with Crippen molar-refractivity contribution in [2.75, 3.05) is 0 Å². The molecule has 1 aliphatic heterocycles. The maximum atomic E-state index is 10.6. The summed E-state index contributed by atoms with van der Waals surface area (Å²) in [5, 5.41) is 11.8. The molecule has 3 N–H and O–H groups in total. The van der Waals surface area contributed by atoms with E-state index in [1.807, 2.05) is 0 Å². The number of fused-ring (bicyclic) bond motifs is 1. The molecule has 0 aromatic carbocycles. The van der Waals surface area contributed by atoms with E-state index >= 15 is 0 Å². The second-order valence-electron chi connectivity index (χ2n) is 2.57. The lowest BCUT2D eigenvalue weighted by atomic mass is 10.2. The van der Waals surface area contributed by atoms with Crippen LogP contribution in [0.25, 0.3) is 0 Å². The molecule has 0 bridgehead atoms. The smallest absolute Gasteiger partial charge is 0.337 e. The van der Waals surface area contributed by atoms with Crippen LogP contribution in [0, 0.1) is 0 Å². The van der Waals surface area contributed by atoms with E-state index in [0.29, 0.717) is 12.1 Å². The van der Waals surface area contributed by atoms with Gasteiger partial charge in [-0.2, -0.15) is 0 Å². The summed E-state index contributed by atoms with van der Waals surface area (Å²) < 4.78 is 0. The van der Waals surface area contributed by atoms with Crippen LogP contribution < -0.4 is 5.32 Å². The van der Waals surface area contributed by atoms with Crippen molar-refractivity contribution in [1.29, 1.82) is 0 Å². The van der Waals surface area contributed by atoms with Crippen molar-refractivity contribution in [2.45, 2.75) is 13.1 Å². The van der Waals surface area contributed by atoms with Crippen molar-refractivity contribution < 1.29 is 9.90 Å². The molecule has 0 saturated heterocycles. The second-order valence-corrected chi connectivity index (χ2v) is 2.57. The number of aromatic carboxylic acids is 1. The Labute approximate surface area is 63.2 Å². The van der Waals surface area contributed by atoms with Crippen LogP contribution in [0.1, 0.15) is 21.6 Å². The maximum Gasteiger partial charge on any atom is 0.337 e. The molecule has 58 valence electrons. The molecule has 0 aliphatic carbocycles. The second kappa shape index (κ2) is 2.10. The van der Waals surface area contributed by atoms with Crippen molar-refractivity contribution in [3.05, 3.63) is 23.0 Å². The molecule has 0 radical (unpaired) electrons. The van der Waals surface area contributed by atoms with E-state index in [2.05, 4.69) is 10.3 Å². The lowest BCUT2D eigenvalue weighted by Crippen LogP contribution is -2.04. The number of aromatic nitrogens is 1. The maximum absolute atomic E-state index is 10.6. The average molecular weight is 152 g/mol. The summed E-state index contributed by atoms with van der Waals surface area (Å²) in [6.45, 7) is 1.42. The van der Waals surface area contributed by atoms with Crippen LogP contribution >= 0.6 is 0 Å². The van der Waals surface area contributed by atoms with Gasteiger partial charge < -0.3 is 15.4 Å². The molecular formula is C7H8N2O2. The number of carboxylic acids is 1. The number of hydrogen-bond acceptors (Lipinski definition) is 2. The van der Waals surface area contributed by atoms with Gasteiger partial charge in [0.1, 0.15) is 0 Å². The molecule has 0 unspecified atom stereocenters. The minimum Gasteiger partial charge on any atom is -0.478 e. The van der Waals surface area contributed by atoms with Gasteiger partial charge in [-0.15, -0.1) is 0 Å². The lowest BCUT2D eigenvalue weighted by Gasteiger charge is -1.91. The fraction of sp³-hybridized carbons (Fsp3) is 0.286. The molecule has 1 aromatic rings. The number of carboxylic acid groups (broad SMARTS) is 1. The Bertz CT molecular complexity index is 303. The molecule has 0 amide bonds. The summed E-state index contributed by atoms with van der Waals surface area (Å²) in [5.74, 6) is -0.855. The molecule has 11 heavy (non-hydrogen) atoms. The van der Waals surface area contributed by atoms with Gasteiger partial charge in [0.25, 0.3) is 0 Å². The molecule has 1 aliphatic rings. The Morgan fingerprint density at radius 2 is 2.36 bits per heavy atom. The van der Waals surface area contributed by atoms with E-state index in [0.717, 1.165) is 17.8 Å². The summed E-state index contributed by atoms with van der Waals surface area (Å²) in [5.41, 5.74) is 2.30. The first kappa shape index (κ1) is 6.42. The molecular weight excluding hydrogens is 144 g/mol. The number of nitrogens with one attached hydrogen (secondary N) is 2. The first-order valence-corrected chi connectivity index (χ1v) is 3.42. The third-order valence-corrected chi connectivity index (χ3v) is 1.91. The van der Waals surface area contributed by atoms with Gasteiger partial charge in [-0.1, -0.05) is 0 Å². The molecule has 0 atom stereocenters. The molecule has 0 saturated carbocycles. The Hall–Kier alpha value is -1.29. The third-order valence-electron chi connectivity index (χ3n) is 1.91. The van der Waals surface area contributed by atoms with Gasteiger partial charge in [0.05, 0.1) is 5.56 Å². The molecule has 2 heterocycles. The highest BCUT2D eigenvalue weighted by molar-refractivity contribution is 5.89. The van der Waals surface area contributed by atoms with Crippen molar-refractivity contribution in [1.82, 2.24) is 10.3 Å². The first-order valence-electron chi connectivity index (χ1n) is 3.42. The minimum atomic E-state index is -0.855. The van der Waals surface area contributed by atoms with Gasteiger partial charge in [0, 0.05) is 30.5 Å². The van der Waals surface area contributed by atoms with E-state index in [9.17, 15) is 4.79 Å². The summed E-state index contributed by atoms with van der Waals surface area (Å²) in [6, 6.07) is 0. The van der Waals surface area contributed by atoms with Crippen molar-refractivity contribution in [2.24, 2.45) is 0 Å². The van der Waals surface area contributed by atoms with E-state index < -0.39 is 5.97 Å². The summed E-state index contributed by atoms with van der Waals surface area (Å²) >= 11 is 0. The number of rotatable bonds is 1. The summed E-state index contributed by atoms with van der Waals surface area (Å²) in [6.07, 6.45) is 1.55. The molecule has 0 spiro atoms. The Morgan fingerprint density at radius 3 is 3.09 bits per heavy atom. The zero-order valence-corrected chi connectivity index (χ0v) is 5.85. The number of carbonyl (C=O) groups is 1. The molecule has 2 rings (SSSR count). The largest absolute Gasteiger partial charge is 0.478 e. The van der Waals surface area contributed by atoms with E-state index in [1.165, 1.54) is 0 Å². The van der Waals surface area contributed by atoms with Gasteiger partial charge in [-0.05, 0) is 0 Å². The predicted molar refractivity (Wildman–Crippen MR) is 38.3 cm³/mol. The van der Waals surface area contributed by atoms with Crippen molar-refractivity contribution in [3.63, 3.8) is 0 Å². The quantitative estimate of drug-likeness (QED) is 0.542. The Balaban J connectivity index is 2.50. The van der Waals surface area contributed by atoms with E-state index in [4.69, 9.17) is 5.11 Å². The monoisotopic (exact) mass is 152 g/mol. The van der Waals surface area contributed by atoms with Crippen molar-refractivity contribution in [3.8, 4) is 0 Å². The minimum absolute atomic E-state index is 0.394. The van der Waals surface area contributed by atoms with Crippen LogP contribution in [0.3, 0.4) is 0 Å². The Kier molecular flexibility index (Phi) is 1.22. The van der Waals surface area contributed by atoms with E-state index in [1.54, 1.807) is 6.20 Å². The van der Waals surface area contributed by atoms with Crippen LogP contribution in [-0.2, 0) is 13.1 Å². The van der Waals surface area contributed by atoms with Crippen LogP contribution in [-0.4, -0.2) is 16.1 Å². The zero-order valence-electron chi connectivity index (χ0n) is 5.85. The van der Waals surface area contributed by atoms with Gasteiger partial charge >= 0.3 is 5.97 Å². The number of H-pyrrole nitrogens is 1. The summed E-state index contributed by atoms with van der Waals surface area (Å²) in [4.78, 5) is 13.5. The van der Waals surface area contributed by atoms with Gasteiger partial charge in [-0.3, -0.25) is 0 Å². The highest BCUT2D eigenvalue weighted by Crippen LogP contribution is 2.18. The SMILES string of the molecule is O=C(O)c1c[nH]c2c1CNC2. The standard InChI is InChI=1S/C7H8N2O2/c10-7(11)5-2-9-6-3-8-1-4(5)6/h2,8-9H,1,3H2,(H,10,11). The highest BCUT2D eigenvalue weighted by atomic mass is 16.4. The zero-order chi connectivity index (χ0) is 7.84. The average Bonchev–Trinajstić information content (AvgIpc) is 2.41. The molecule has 0 fully saturated rings. The van der Waals surface area contributed by atoms with Gasteiger partial charge in [0.15, 0.2) is 0 Å². The van der Waals surface area contributed by atoms with Crippen molar-refractivity contribution >= 4 is 5.97 Å². The normalized spacial score (nSPS) is 14.9. The fourth-order valence-electron chi connectivity index (χ4n) is 1.36. The number of aromatic amines is 1. The lowest BCUT2D eigenvalue weighted by molar-refractivity contribution is 0.0696. The topological polar surface area (TPSA) is 65.1 Å². The first-order chi connectivity index (χ1) is 5.29. The third kappa shape index (κ3) is 0.832. The number of hydrogen-bond donors (Lipinski definition) is 3. The molecule has 4 nitrogen and oxygen atoms in total. The van der Waals surface area contributed by atoms with Crippen LogP contribution in [0.4, 0.5) is 0 Å². The summed E-state index contributed by atoms with van der Waals surface area (Å²) in [7, 11) is 0. The molecule has 4 heteroatoms. The predicted octanol–water partition coefficient (Wildman–Crippen LogP) is 0.316. The van der Waals surface area contributed by atoms with E-state index in [-0.39, 0.29) is 0 Å². The van der Waals surface area contributed by atoms with Crippen LogP contribution in [0.5, 0.6) is 0 Å². The Morgan fingerprint density at radius 1 is 1.55 bits per heavy atom. The molecule has 1 aromatic heterocycles. The van der Waals surface area contributed by atoms with Crippen LogP contribution in [0.15, 0.2) is 6.20 Å². The van der Waals surface area contributed by atoms with Gasteiger partial charge in [-0.25, -0.2) is 4.79 Å². The fourth-order valence-corrected chi connectivity index (χ4v) is 1.36. The van der Waals surface area contributed by atoms with Crippen LogP contribution in [0.2, 0.25) is 0 Å².